The number of nitrogens with one attached hydrogen (secondary N) is 1. The Morgan fingerprint density at radius 3 is 3.12 bits per heavy atom. The van der Waals surface area contributed by atoms with Crippen molar-refractivity contribution in [3.05, 3.63) is 34.2 Å². The van der Waals surface area contributed by atoms with E-state index < -0.39 is 0 Å². The molecule has 1 aliphatic heterocycles. The Balaban J connectivity index is 2.17. The van der Waals surface area contributed by atoms with Crippen LogP contribution in [0.3, 0.4) is 0 Å². The van der Waals surface area contributed by atoms with E-state index >= 15 is 0 Å². The van der Waals surface area contributed by atoms with E-state index in [1.807, 2.05) is 30.1 Å². The topological polar surface area (TPSA) is 42.7 Å². The van der Waals surface area contributed by atoms with E-state index in [2.05, 4.69) is 31.3 Å². The Morgan fingerprint density at radius 1 is 1.50 bits per heavy atom. The molecule has 0 aliphatic carbocycles. The molecule has 82 valence electrons. The van der Waals surface area contributed by atoms with Gasteiger partial charge in [0, 0.05) is 24.5 Å². The van der Waals surface area contributed by atoms with Crippen molar-refractivity contribution in [2.24, 2.45) is 0 Å². The van der Waals surface area contributed by atoms with Gasteiger partial charge in [0.2, 0.25) is 0 Å². The lowest BCUT2D eigenvalue weighted by molar-refractivity contribution is 0.849. The van der Waals surface area contributed by atoms with Crippen molar-refractivity contribution in [2.75, 3.05) is 11.9 Å². The number of aryl methyl sites for hydroxylation is 1. The van der Waals surface area contributed by atoms with Crippen LogP contribution in [-0.4, -0.2) is 21.3 Å². The lowest BCUT2D eigenvalue weighted by atomic mass is 10.2. The zero-order valence-corrected chi connectivity index (χ0v) is 10.5. The molecule has 0 spiro atoms. The molecule has 0 atom stereocenters. The number of hydrogen-bond acceptors (Lipinski definition) is 3. The zero-order chi connectivity index (χ0) is 11.1. The van der Waals surface area contributed by atoms with Gasteiger partial charge < -0.3 is 5.32 Å². The van der Waals surface area contributed by atoms with Crippen molar-refractivity contribution in [3.63, 3.8) is 0 Å². The van der Waals surface area contributed by atoms with Gasteiger partial charge in [-0.05, 0) is 35.3 Å². The Morgan fingerprint density at radius 2 is 2.38 bits per heavy atom. The average molecular weight is 279 g/mol. The highest BCUT2D eigenvalue weighted by Gasteiger charge is 2.17. The molecular formula is C11H11BrN4. The fraction of sp³-hybridized carbons (Fsp3) is 0.273. The summed E-state index contributed by atoms with van der Waals surface area (Å²) >= 11 is 3.48. The first kappa shape index (κ1) is 9.84. The molecule has 4 nitrogen and oxygen atoms in total. The number of hydrogen-bond donors (Lipinski definition) is 1. The van der Waals surface area contributed by atoms with Gasteiger partial charge in [-0.1, -0.05) is 0 Å². The smallest absolute Gasteiger partial charge is 0.131 e. The van der Waals surface area contributed by atoms with Crippen LogP contribution < -0.4 is 5.32 Å². The number of fused-ring (bicyclic) bond motifs is 1. The van der Waals surface area contributed by atoms with Gasteiger partial charge in [-0.15, -0.1) is 0 Å². The summed E-state index contributed by atoms with van der Waals surface area (Å²) in [6, 6.07) is 2.00. The number of pyridine rings is 1. The molecular weight excluding hydrogens is 268 g/mol. The molecule has 0 aromatic carbocycles. The summed E-state index contributed by atoms with van der Waals surface area (Å²) in [6.45, 7) is 2.95. The Kier molecular flexibility index (Phi) is 2.21. The lowest BCUT2D eigenvalue weighted by Gasteiger charge is -2.06. The first-order valence-corrected chi connectivity index (χ1v) is 5.99. The van der Waals surface area contributed by atoms with Gasteiger partial charge in [-0.25, -0.2) is 9.67 Å². The minimum atomic E-state index is 0.959. The first-order chi connectivity index (χ1) is 7.75. The number of aromatic nitrogens is 3. The molecule has 2 aromatic rings. The summed E-state index contributed by atoms with van der Waals surface area (Å²) < 4.78 is 2.94. The number of nitrogens with zero attached hydrogens (tertiary/aromatic N) is 3. The molecule has 0 bridgehead atoms. The summed E-state index contributed by atoms with van der Waals surface area (Å²) in [5.74, 6) is 0.988. The van der Waals surface area contributed by atoms with E-state index in [4.69, 9.17) is 0 Å². The van der Waals surface area contributed by atoms with Crippen LogP contribution in [0, 0.1) is 6.92 Å². The lowest BCUT2D eigenvalue weighted by Crippen LogP contribution is -2.00. The van der Waals surface area contributed by atoms with E-state index in [-0.39, 0.29) is 0 Å². The molecule has 0 amide bonds. The standard InChI is InChI=1S/C11H11BrN4/c1-7-9(12)6-16(15-7)10-3-5-14-11-8(10)2-4-13-11/h3,5-6H,2,4H2,1H3,(H,13,14). The van der Waals surface area contributed by atoms with Crippen LogP contribution in [0.2, 0.25) is 0 Å². The SMILES string of the molecule is Cc1nn(-c2ccnc3c2CCN3)cc1Br. The van der Waals surface area contributed by atoms with Crippen molar-refractivity contribution >= 4 is 21.7 Å². The van der Waals surface area contributed by atoms with Crippen LogP contribution in [0.5, 0.6) is 0 Å². The molecule has 0 radical (unpaired) electrons. The van der Waals surface area contributed by atoms with Gasteiger partial charge in [0.05, 0.1) is 15.9 Å². The van der Waals surface area contributed by atoms with Gasteiger partial charge in [0.25, 0.3) is 0 Å². The maximum atomic E-state index is 4.47. The second kappa shape index (κ2) is 3.59. The molecule has 2 aromatic heterocycles. The summed E-state index contributed by atoms with van der Waals surface area (Å²) in [5, 5.41) is 7.74. The Hall–Kier alpha value is -1.36. The van der Waals surface area contributed by atoms with Crippen molar-refractivity contribution in [2.45, 2.75) is 13.3 Å². The third-order valence-electron chi connectivity index (χ3n) is 2.78. The van der Waals surface area contributed by atoms with Gasteiger partial charge in [0.1, 0.15) is 5.82 Å². The second-order valence-corrected chi connectivity index (χ2v) is 4.70. The summed E-state index contributed by atoms with van der Waals surface area (Å²) in [6.07, 6.45) is 4.82. The number of rotatable bonds is 1. The summed E-state index contributed by atoms with van der Waals surface area (Å²) in [5.41, 5.74) is 3.36. The zero-order valence-electron chi connectivity index (χ0n) is 8.87. The highest BCUT2D eigenvalue weighted by molar-refractivity contribution is 9.10. The first-order valence-electron chi connectivity index (χ1n) is 5.19. The normalized spacial score (nSPS) is 13.6. The van der Waals surface area contributed by atoms with Crippen LogP contribution >= 0.6 is 15.9 Å². The minimum absolute atomic E-state index is 0.959. The fourth-order valence-corrected chi connectivity index (χ4v) is 2.24. The third-order valence-corrected chi connectivity index (χ3v) is 3.56. The van der Waals surface area contributed by atoms with E-state index in [0.717, 1.165) is 34.6 Å². The van der Waals surface area contributed by atoms with Crippen molar-refractivity contribution in [1.82, 2.24) is 14.8 Å². The molecule has 1 N–H and O–H groups in total. The van der Waals surface area contributed by atoms with Crippen LogP contribution in [0.4, 0.5) is 5.82 Å². The molecule has 5 heteroatoms. The van der Waals surface area contributed by atoms with E-state index in [9.17, 15) is 0 Å². The molecule has 3 heterocycles. The van der Waals surface area contributed by atoms with Gasteiger partial charge in [0.15, 0.2) is 0 Å². The van der Waals surface area contributed by atoms with Crippen molar-refractivity contribution in [1.29, 1.82) is 0 Å². The molecule has 3 rings (SSSR count). The fourth-order valence-electron chi connectivity index (χ4n) is 1.96. The second-order valence-electron chi connectivity index (χ2n) is 3.84. The maximum Gasteiger partial charge on any atom is 0.131 e. The van der Waals surface area contributed by atoms with E-state index in [0.29, 0.717) is 0 Å². The monoisotopic (exact) mass is 278 g/mol. The van der Waals surface area contributed by atoms with Crippen LogP contribution in [0.15, 0.2) is 22.9 Å². The van der Waals surface area contributed by atoms with Gasteiger partial charge in [-0.3, -0.25) is 0 Å². The third kappa shape index (κ3) is 1.43. The molecule has 0 fully saturated rings. The number of halogens is 1. The van der Waals surface area contributed by atoms with E-state index in [1.54, 1.807) is 0 Å². The Labute approximate surface area is 102 Å². The Bertz CT molecular complexity index is 527. The summed E-state index contributed by atoms with van der Waals surface area (Å²) in [7, 11) is 0. The minimum Gasteiger partial charge on any atom is -0.369 e. The van der Waals surface area contributed by atoms with Gasteiger partial charge >= 0.3 is 0 Å². The average Bonchev–Trinajstić information content (AvgIpc) is 2.85. The van der Waals surface area contributed by atoms with Gasteiger partial charge in [-0.2, -0.15) is 5.10 Å². The molecule has 0 saturated heterocycles. The highest BCUT2D eigenvalue weighted by atomic mass is 79.9. The van der Waals surface area contributed by atoms with E-state index in [1.165, 1.54) is 5.56 Å². The summed E-state index contributed by atoms with van der Waals surface area (Å²) in [4.78, 5) is 4.31. The highest BCUT2D eigenvalue weighted by Crippen LogP contribution is 2.26. The largest absolute Gasteiger partial charge is 0.369 e. The van der Waals surface area contributed by atoms with Crippen LogP contribution in [0.25, 0.3) is 5.69 Å². The van der Waals surface area contributed by atoms with Crippen LogP contribution in [-0.2, 0) is 6.42 Å². The van der Waals surface area contributed by atoms with Crippen molar-refractivity contribution < 1.29 is 0 Å². The quantitative estimate of drug-likeness (QED) is 0.871. The van der Waals surface area contributed by atoms with Crippen LogP contribution in [0.1, 0.15) is 11.3 Å². The molecule has 1 aliphatic rings. The molecule has 0 saturated carbocycles. The predicted molar refractivity (Wildman–Crippen MR) is 66.0 cm³/mol. The predicted octanol–water partition coefficient (Wildman–Crippen LogP) is 2.31. The number of anilines is 1. The molecule has 0 unspecified atom stereocenters. The van der Waals surface area contributed by atoms with Crippen molar-refractivity contribution in [3.8, 4) is 5.69 Å². The molecule has 16 heavy (non-hydrogen) atoms. The maximum absolute atomic E-state index is 4.47.